The number of rotatable bonds is 2. The Bertz CT molecular complexity index is 315. The van der Waals surface area contributed by atoms with Crippen LogP contribution in [-0.4, -0.2) is 30.4 Å². The smallest absolute Gasteiger partial charge is 0.263 e. The molecule has 0 spiro atoms. The third-order valence-corrected chi connectivity index (χ3v) is 3.50. The first-order valence-electron chi connectivity index (χ1n) is 4.84. The molecule has 84 valence electrons. The average molecular weight is 247 g/mol. The second kappa shape index (κ2) is 5.49. The van der Waals surface area contributed by atoms with E-state index < -0.39 is 0 Å². The minimum absolute atomic E-state index is 0. The summed E-state index contributed by atoms with van der Waals surface area (Å²) in [6, 6.07) is 3.79. The third kappa shape index (κ3) is 2.71. The first-order chi connectivity index (χ1) is 6.81. The molecule has 15 heavy (non-hydrogen) atoms. The van der Waals surface area contributed by atoms with Gasteiger partial charge in [-0.15, -0.1) is 23.7 Å². The second-order valence-electron chi connectivity index (χ2n) is 3.62. The number of hydrogen-bond acceptors (Lipinski definition) is 3. The standard InChI is InChI=1S/C10H14N2OS.ClH/c11-6-8-3-4-12(7-8)10(13)9-2-1-5-14-9;/h1-2,5,8H,3-4,6-7,11H2;1H. The van der Waals surface area contributed by atoms with Gasteiger partial charge in [-0.3, -0.25) is 4.79 Å². The van der Waals surface area contributed by atoms with Gasteiger partial charge in [-0.1, -0.05) is 6.07 Å². The summed E-state index contributed by atoms with van der Waals surface area (Å²) in [6.45, 7) is 2.38. The van der Waals surface area contributed by atoms with Crippen molar-refractivity contribution in [1.29, 1.82) is 0 Å². The van der Waals surface area contributed by atoms with Crippen LogP contribution < -0.4 is 5.73 Å². The Morgan fingerprint density at radius 3 is 3.00 bits per heavy atom. The highest BCUT2D eigenvalue weighted by molar-refractivity contribution is 7.12. The molecule has 3 nitrogen and oxygen atoms in total. The lowest BCUT2D eigenvalue weighted by Gasteiger charge is -2.14. The van der Waals surface area contributed by atoms with Gasteiger partial charge in [-0.25, -0.2) is 0 Å². The molecule has 1 aliphatic rings. The molecule has 1 saturated heterocycles. The number of amides is 1. The Kier molecular flexibility index (Phi) is 4.57. The van der Waals surface area contributed by atoms with E-state index in [0.29, 0.717) is 12.5 Å². The number of nitrogens with zero attached hydrogens (tertiary/aromatic N) is 1. The van der Waals surface area contributed by atoms with E-state index in [0.717, 1.165) is 24.4 Å². The molecule has 0 radical (unpaired) electrons. The summed E-state index contributed by atoms with van der Waals surface area (Å²) in [5.41, 5.74) is 5.58. The molecule has 1 atom stereocenters. The zero-order valence-electron chi connectivity index (χ0n) is 8.39. The lowest BCUT2D eigenvalue weighted by Crippen LogP contribution is -2.29. The van der Waals surface area contributed by atoms with Crippen LogP contribution in [0.2, 0.25) is 0 Å². The van der Waals surface area contributed by atoms with Gasteiger partial charge in [0.1, 0.15) is 0 Å². The predicted octanol–water partition coefficient (Wildman–Crippen LogP) is 1.59. The molecule has 0 saturated carbocycles. The fraction of sp³-hybridized carbons (Fsp3) is 0.500. The summed E-state index contributed by atoms with van der Waals surface area (Å²) < 4.78 is 0. The van der Waals surface area contributed by atoms with Crippen molar-refractivity contribution in [2.75, 3.05) is 19.6 Å². The number of halogens is 1. The zero-order valence-corrected chi connectivity index (χ0v) is 10.0. The normalized spacial score (nSPS) is 20.1. The summed E-state index contributed by atoms with van der Waals surface area (Å²) in [5.74, 6) is 0.662. The number of nitrogens with two attached hydrogens (primary N) is 1. The van der Waals surface area contributed by atoms with Crippen molar-refractivity contribution in [3.8, 4) is 0 Å². The van der Waals surface area contributed by atoms with Gasteiger partial charge in [0.15, 0.2) is 0 Å². The molecule has 1 aliphatic heterocycles. The van der Waals surface area contributed by atoms with Crippen LogP contribution in [0.5, 0.6) is 0 Å². The highest BCUT2D eigenvalue weighted by atomic mass is 35.5. The molecule has 1 unspecified atom stereocenters. The maximum Gasteiger partial charge on any atom is 0.263 e. The Balaban J connectivity index is 0.00000112. The summed E-state index contributed by atoms with van der Waals surface area (Å²) in [6.07, 6.45) is 1.05. The van der Waals surface area contributed by atoms with Crippen molar-refractivity contribution >= 4 is 29.7 Å². The maximum absolute atomic E-state index is 11.9. The molecule has 1 fully saturated rings. The Morgan fingerprint density at radius 1 is 1.67 bits per heavy atom. The Hall–Kier alpha value is -0.580. The molecule has 0 aromatic carbocycles. The highest BCUT2D eigenvalue weighted by Crippen LogP contribution is 2.19. The summed E-state index contributed by atoms with van der Waals surface area (Å²) in [4.78, 5) is 14.6. The largest absolute Gasteiger partial charge is 0.338 e. The molecule has 2 heterocycles. The first kappa shape index (κ1) is 12.5. The average Bonchev–Trinajstić information content (AvgIpc) is 2.88. The van der Waals surface area contributed by atoms with E-state index in [4.69, 9.17) is 5.73 Å². The van der Waals surface area contributed by atoms with Gasteiger partial charge in [0.05, 0.1) is 4.88 Å². The number of thiophene rings is 1. The summed E-state index contributed by atoms with van der Waals surface area (Å²) in [7, 11) is 0. The van der Waals surface area contributed by atoms with Gasteiger partial charge in [0, 0.05) is 13.1 Å². The van der Waals surface area contributed by atoms with Crippen LogP contribution in [-0.2, 0) is 0 Å². The van der Waals surface area contributed by atoms with Crippen LogP contribution in [0.4, 0.5) is 0 Å². The molecule has 1 aromatic heterocycles. The van der Waals surface area contributed by atoms with E-state index in [9.17, 15) is 4.79 Å². The van der Waals surface area contributed by atoms with Gasteiger partial charge in [0.2, 0.25) is 0 Å². The quantitative estimate of drug-likeness (QED) is 0.862. The van der Waals surface area contributed by atoms with Crippen molar-refractivity contribution in [2.45, 2.75) is 6.42 Å². The van der Waals surface area contributed by atoms with Crippen molar-refractivity contribution in [3.05, 3.63) is 22.4 Å². The van der Waals surface area contributed by atoms with Crippen molar-refractivity contribution in [2.24, 2.45) is 11.7 Å². The number of carbonyl (C=O) groups is 1. The van der Waals surface area contributed by atoms with E-state index >= 15 is 0 Å². The van der Waals surface area contributed by atoms with Gasteiger partial charge in [-0.05, 0) is 30.3 Å². The van der Waals surface area contributed by atoms with Crippen molar-refractivity contribution in [3.63, 3.8) is 0 Å². The third-order valence-electron chi connectivity index (χ3n) is 2.64. The predicted molar refractivity (Wildman–Crippen MR) is 64.6 cm³/mol. The van der Waals surface area contributed by atoms with Crippen LogP contribution in [0.15, 0.2) is 17.5 Å². The Labute approximate surface area is 99.7 Å². The molecule has 2 N–H and O–H groups in total. The topological polar surface area (TPSA) is 46.3 Å². The van der Waals surface area contributed by atoms with Gasteiger partial charge < -0.3 is 10.6 Å². The lowest BCUT2D eigenvalue weighted by molar-refractivity contribution is 0.0792. The molecule has 1 amide bonds. The number of hydrogen-bond donors (Lipinski definition) is 1. The minimum Gasteiger partial charge on any atom is -0.338 e. The van der Waals surface area contributed by atoms with Gasteiger partial charge in [-0.2, -0.15) is 0 Å². The fourth-order valence-corrected chi connectivity index (χ4v) is 2.46. The Morgan fingerprint density at radius 2 is 2.47 bits per heavy atom. The van der Waals surface area contributed by atoms with Crippen LogP contribution in [0.25, 0.3) is 0 Å². The maximum atomic E-state index is 11.9. The minimum atomic E-state index is 0. The highest BCUT2D eigenvalue weighted by Gasteiger charge is 2.26. The molecule has 5 heteroatoms. The van der Waals surface area contributed by atoms with Crippen molar-refractivity contribution in [1.82, 2.24) is 4.90 Å². The molecular weight excluding hydrogens is 232 g/mol. The van der Waals surface area contributed by atoms with Gasteiger partial charge in [0.25, 0.3) is 5.91 Å². The zero-order chi connectivity index (χ0) is 9.97. The molecule has 0 bridgehead atoms. The summed E-state index contributed by atoms with van der Waals surface area (Å²) >= 11 is 1.50. The summed E-state index contributed by atoms with van der Waals surface area (Å²) in [5, 5.41) is 1.93. The lowest BCUT2D eigenvalue weighted by atomic mass is 10.1. The molecule has 0 aliphatic carbocycles. The molecular formula is C10H15ClN2OS. The number of carbonyl (C=O) groups excluding carboxylic acids is 1. The van der Waals surface area contributed by atoms with E-state index in [1.165, 1.54) is 11.3 Å². The van der Waals surface area contributed by atoms with Crippen molar-refractivity contribution < 1.29 is 4.79 Å². The second-order valence-corrected chi connectivity index (χ2v) is 4.57. The van der Waals surface area contributed by atoms with Crippen LogP contribution in [0, 0.1) is 5.92 Å². The molecule has 1 aromatic rings. The SMILES string of the molecule is Cl.NCC1CCN(C(=O)c2cccs2)C1. The van der Waals surface area contributed by atoms with E-state index in [2.05, 4.69) is 0 Å². The monoisotopic (exact) mass is 246 g/mol. The molecule has 2 rings (SSSR count). The van der Waals surface area contributed by atoms with E-state index in [1.54, 1.807) is 0 Å². The van der Waals surface area contributed by atoms with Crippen LogP contribution >= 0.6 is 23.7 Å². The van der Waals surface area contributed by atoms with E-state index in [1.807, 2.05) is 22.4 Å². The first-order valence-corrected chi connectivity index (χ1v) is 5.72. The van der Waals surface area contributed by atoms with E-state index in [-0.39, 0.29) is 18.3 Å². The van der Waals surface area contributed by atoms with Crippen LogP contribution in [0.3, 0.4) is 0 Å². The van der Waals surface area contributed by atoms with Crippen LogP contribution in [0.1, 0.15) is 16.1 Å². The van der Waals surface area contributed by atoms with Gasteiger partial charge >= 0.3 is 0 Å². The fourth-order valence-electron chi connectivity index (χ4n) is 1.77. The number of likely N-dealkylation sites (tertiary alicyclic amines) is 1.